The number of fused-ring (bicyclic) bond motifs is 1. The summed E-state index contributed by atoms with van der Waals surface area (Å²) < 4.78 is 0. The number of aryl methyl sites for hydroxylation is 1. The molecule has 0 radical (unpaired) electrons. The van der Waals surface area contributed by atoms with Crippen LogP contribution < -0.4 is 5.73 Å². The second-order valence-electron chi connectivity index (χ2n) is 3.21. The van der Waals surface area contributed by atoms with E-state index < -0.39 is 0 Å². The lowest BCUT2D eigenvalue weighted by molar-refractivity contribution is 0.482. The van der Waals surface area contributed by atoms with Gasteiger partial charge in [-0.3, -0.25) is 0 Å². The molecule has 0 aromatic heterocycles. The lowest BCUT2D eigenvalue weighted by Gasteiger charge is -2.05. The highest BCUT2D eigenvalue weighted by Gasteiger charge is 2.02. The number of aromatic hydroxyl groups is 1. The SMILES string of the molecule is Cc1cccc2c(O)cc(N)cc12. The summed E-state index contributed by atoms with van der Waals surface area (Å²) in [7, 11) is 0. The van der Waals surface area contributed by atoms with Crippen LogP contribution in [0.3, 0.4) is 0 Å². The van der Waals surface area contributed by atoms with Gasteiger partial charge in [0.15, 0.2) is 0 Å². The molecule has 2 heteroatoms. The molecule has 0 heterocycles. The molecule has 0 aliphatic rings. The molecular formula is C11H11NO. The van der Waals surface area contributed by atoms with Crippen LogP contribution >= 0.6 is 0 Å². The van der Waals surface area contributed by atoms with Gasteiger partial charge in [-0.05, 0) is 23.9 Å². The van der Waals surface area contributed by atoms with Gasteiger partial charge >= 0.3 is 0 Å². The molecule has 2 aromatic rings. The fourth-order valence-electron chi connectivity index (χ4n) is 1.54. The molecule has 2 nitrogen and oxygen atoms in total. The van der Waals surface area contributed by atoms with Crippen LogP contribution in [0, 0.1) is 6.92 Å². The first kappa shape index (κ1) is 7.92. The Morgan fingerprint density at radius 2 is 1.92 bits per heavy atom. The van der Waals surface area contributed by atoms with E-state index >= 15 is 0 Å². The van der Waals surface area contributed by atoms with Gasteiger partial charge in [0.05, 0.1) is 0 Å². The average Bonchev–Trinajstić information content (AvgIpc) is 2.07. The van der Waals surface area contributed by atoms with Gasteiger partial charge in [-0.2, -0.15) is 0 Å². The van der Waals surface area contributed by atoms with Crippen molar-refractivity contribution in [2.24, 2.45) is 0 Å². The molecule has 0 fully saturated rings. The zero-order valence-corrected chi connectivity index (χ0v) is 7.41. The molecule has 13 heavy (non-hydrogen) atoms. The Kier molecular flexibility index (Phi) is 1.62. The molecule has 0 saturated carbocycles. The van der Waals surface area contributed by atoms with Crippen LogP contribution in [-0.2, 0) is 0 Å². The minimum Gasteiger partial charge on any atom is -0.507 e. The van der Waals surface area contributed by atoms with Crippen molar-refractivity contribution in [1.29, 1.82) is 0 Å². The number of rotatable bonds is 0. The number of nitrogen functional groups attached to an aromatic ring is 1. The van der Waals surface area contributed by atoms with Crippen LogP contribution in [0.4, 0.5) is 5.69 Å². The topological polar surface area (TPSA) is 46.2 Å². The smallest absolute Gasteiger partial charge is 0.125 e. The van der Waals surface area contributed by atoms with Crippen molar-refractivity contribution in [3.05, 3.63) is 35.9 Å². The molecule has 0 aliphatic heterocycles. The third-order valence-electron chi connectivity index (χ3n) is 2.21. The fourth-order valence-corrected chi connectivity index (χ4v) is 1.54. The van der Waals surface area contributed by atoms with Crippen molar-refractivity contribution in [3.8, 4) is 5.75 Å². The predicted octanol–water partition coefficient (Wildman–Crippen LogP) is 2.44. The normalized spacial score (nSPS) is 10.5. The van der Waals surface area contributed by atoms with Crippen molar-refractivity contribution < 1.29 is 5.11 Å². The minimum absolute atomic E-state index is 0.249. The lowest BCUT2D eigenvalue weighted by Crippen LogP contribution is -1.86. The predicted molar refractivity (Wildman–Crippen MR) is 54.8 cm³/mol. The molecular weight excluding hydrogens is 162 g/mol. The Labute approximate surface area is 76.6 Å². The number of anilines is 1. The van der Waals surface area contributed by atoms with Crippen molar-refractivity contribution in [2.75, 3.05) is 5.73 Å². The fraction of sp³-hybridized carbons (Fsp3) is 0.0909. The molecule has 0 amide bonds. The van der Waals surface area contributed by atoms with E-state index in [2.05, 4.69) is 0 Å². The van der Waals surface area contributed by atoms with Gasteiger partial charge in [-0.25, -0.2) is 0 Å². The second kappa shape index (κ2) is 2.66. The van der Waals surface area contributed by atoms with E-state index in [1.165, 1.54) is 0 Å². The quantitative estimate of drug-likeness (QED) is 0.601. The number of hydrogen-bond donors (Lipinski definition) is 2. The molecule has 0 unspecified atom stereocenters. The maximum absolute atomic E-state index is 9.60. The number of phenolic OH excluding ortho intramolecular Hbond substituents is 1. The first-order valence-corrected chi connectivity index (χ1v) is 4.16. The zero-order chi connectivity index (χ0) is 9.42. The monoisotopic (exact) mass is 173 g/mol. The van der Waals surface area contributed by atoms with Crippen LogP contribution in [-0.4, -0.2) is 5.11 Å². The van der Waals surface area contributed by atoms with E-state index in [1.807, 2.05) is 31.2 Å². The van der Waals surface area contributed by atoms with Crippen LogP contribution in [0.1, 0.15) is 5.56 Å². The van der Waals surface area contributed by atoms with Gasteiger partial charge in [-0.1, -0.05) is 18.2 Å². The van der Waals surface area contributed by atoms with Crippen molar-refractivity contribution >= 4 is 16.5 Å². The summed E-state index contributed by atoms with van der Waals surface area (Å²) in [6.45, 7) is 2.00. The molecule has 66 valence electrons. The van der Waals surface area contributed by atoms with Crippen LogP contribution in [0.5, 0.6) is 5.75 Å². The van der Waals surface area contributed by atoms with Gasteiger partial charge in [0, 0.05) is 17.1 Å². The summed E-state index contributed by atoms with van der Waals surface area (Å²) in [6, 6.07) is 9.26. The molecule has 0 saturated heterocycles. The highest BCUT2D eigenvalue weighted by atomic mass is 16.3. The van der Waals surface area contributed by atoms with Crippen molar-refractivity contribution in [3.63, 3.8) is 0 Å². The van der Waals surface area contributed by atoms with Crippen LogP contribution in [0.25, 0.3) is 10.8 Å². The highest BCUT2D eigenvalue weighted by molar-refractivity contribution is 5.93. The summed E-state index contributed by atoms with van der Waals surface area (Å²) in [5.41, 5.74) is 7.36. The third kappa shape index (κ3) is 1.20. The Balaban J connectivity index is 2.94. The minimum atomic E-state index is 0.249. The molecule has 3 N–H and O–H groups in total. The molecule has 0 bridgehead atoms. The van der Waals surface area contributed by atoms with Crippen LogP contribution in [0.15, 0.2) is 30.3 Å². The number of nitrogens with two attached hydrogens (primary N) is 1. The van der Waals surface area contributed by atoms with Gasteiger partial charge in [0.1, 0.15) is 5.75 Å². The largest absolute Gasteiger partial charge is 0.507 e. The van der Waals surface area contributed by atoms with Crippen LogP contribution in [0.2, 0.25) is 0 Å². The summed E-state index contributed by atoms with van der Waals surface area (Å²) in [6.07, 6.45) is 0. The maximum Gasteiger partial charge on any atom is 0.125 e. The van der Waals surface area contributed by atoms with E-state index in [1.54, 1.807) is 6.07 Å². The Morgan fingerprint density at radius 1 is 1.15 bits per heavy atom. The second-order valence-corrected chi connectivity index (χ2v) is 3.21. The van der Waals surface area contributed by atoms with Crippen molar-refractivity contribution in [1.82, 2.24) is 0 Å². The van der Waals surface area contributed by atoms with Gasteiger partial charge in [-0.15, -0.1) is 0 Å². The molecule has 0 atom stereocenters. The Morgan fingerprint density at radius 3 is 2.69 bits per heavy atom. The van der Waals surface area contributed by atoms with E-state index in [0.717, 1.165) is 16.3 Å². The number of hydrogen-bond acceptors (Lipinski definition) is 2. The molecule has 2 aromatic carbocycles. The standard InChI is InChI=1S/C11H11NO/c1-7-3-2-4-9-10(7)5-8(12)6-11(9)13/h2-6,13H,12H2,1H3. The first-order chi connectivity index (χ1) is 6.18. The van der Waals surface area contributed by atoms with Gasteiger partial charge in [0.2, 0.25) is 0 Å². The average molecular weight is 173 g/mol. The maximum atomic E-state index is 9.60. The van der Waals surface area contributed by atoms with E-state index in [-0.39, 0.29) is 5.75 Å². The summed E-state index contributed by atoms with van der Waals surface area (Å²) >= 11 is 0. The first-order valence-electron chi connectivity index (χ1n) is 4.16. The van der Waals surface area contributed by atoms with E-state index in [4.69, 9.17) is 5.73 Å². The van der Waals surface area contributed by atoms with E-state index in [9.17, 15) is 5.11 Å². The molecule has 0 aliphatic carbocycles. The summed E-state index contributed by atoms with van der Waals surface area (Å²) in [4.78, 5) is 0. The molecule has 0 spiro atoms. The Bertz CT molecular complexity index is 463. The molecule has 2 rings (SSSR count). The highest BCUT2D eigenvalue weighted by Crippen LogP contribution is 2.29. The van der Waals surface area contributed by atoms with Gasteiger partial charge in [0.25, 0.3) is 0 Å². The summed E-state index contributed by atoms with van der Waals surface area (Å²) in [5.74, 6) is 0.249. The third-order valence-corrected chi connectivity index (χ3v) is 2.21. The number of phenols is 1. The van der Waals surface area contributed by atoms with E-state index in [0.29, 0.717) is 5.69 Å². The zero-order valence-electron chi connectivity index (χ0n) is 7.41. The summed E-state index contributed by atoms with van der Waals surface area (Å²) in [5, 5.41) is 11.5. The van der Waals surface area contributed by atoms with Crippen molar-refractivity contribution in [2.45, 2.75) is 6.92 Å². The number of benzene rings is 2. The lowest BCUT2D eigenvalue weighted by atomic mass is 10.0. The Hall–Kier alpha value is -1.70. The van der Waals surface area contributed by atoms with Gasteiger partial charge < -0.3 is 10.8 Å².